The molecule has 0 heterocycles. The number of hydrogen-bond donors (Lipinski definition) is 1. The summed E-state index contributed by atoms with van der Waals surface area (Å²) in [6.45, 7) is 10.9. The Labute approximate surface area is 123 Å². The zero-order valence-corrected chi connectivity index (χ0v) is 13.8. The summed E-state index contributed by atoms with van der Waals surface area (Å²) >= 11 is 3.55. The summed E-state index contributed by atoms with van der Waals surface area (Å²) in [7, 11) is 0. The van der Waals surface area contributed by atoms with Gasteiger partial charge in [0.2, 0.25) is 0 Å². The summed E-state index contributed by atoms with van der Waals surface area (Å²) in [6, 6.07) is 1.96. The van der Waals surface area contributed by atoms with Gasteiger partial charge in [0.1, 0.15) is 5.75 Å². The number of hydrogen-bond acceptors (Lipinski definition) is 2. The minimum atomic E-state index is -0.0775. The van der Waals surface area contributed by atoms with E-state index in [9.17, 15) is 4.79 Å². The topological polar surface area (TPSA) is 38.3 Å². The van der Waals surface area contributed by atoms with Crippen LogP contribution in [-0.4, -0.2) is 19.1 Å². The summed E-state index contributed by atoms with van der Waals surface area (Å²) in [6.07, 6.45) is 0. The molecule has 0 aliphatic heterocycles. The Kier molecular flexibility index (Phi) is 5.85. The lowest BCUT2D eigenvalue weighted by molar-refractivity contribution is -0.123. The average molecular weight is 328 g/mol. The van der Waals surface area contributed by atoms with Crippen LogP contribution < -0.4 is 10.1 Å². The van der Waals surface area contributed by atoms with Crippen LogP contribution in [0.5, 0.6) is 5.75 Å². The van der Waals surface area contributed by atoms with Gasteiger partial charge in [-0.05, 0) is 49.4 Å². The molecule has 0 radical (unpaired) electrons. The summed E-state index contributed by atoms with van der Waals surface area (Å²) in [5, 5.41) is 2.84. The van der Waals surface area contributed by atoms with Crippen molar-refractivity contribution in [3.8, 4) is 5.75 Å². The van der Waals surface area contributed by atoms with Gasteiger partial charge in [0.25, 0.3) is 5.91 Å². The molecule has 1 rings (SSSR count). The van der Waals surface area contributed by atoms with Crippen LogP contribution in [0.4, 0.5) is 0 Å². The molecule has 106 valence electrons. The van der Waals surface area contributed by atoms with Gasteiger partial charge in [-0.2, -0.15) is 0 Å². The van der Waals surface area contributed by atoms with Crippen molar-refractivity contribution in [3.05, 3.63) is 27.2 Å². The highest BCUT2D eigenvalue weighted by Gasteiger charge is 2.11. The van der Waals surface area contributed by atoms with E-state index < -0.39 is 0 Å². The van der Waals surface area contributed by atoms with Crippen molar-refractivity contribution < 1.29 is 9.53 Å². The molecule has 0 atom stereocenters. The first-order chi connectivity index (χ1) is 8.82. The second kappa shape index (κ2) is 6.94. The summed E-state index contributed by atoms with van der Waals surface area (Å²) in [4.78, 5) is 11.6. The summed E-state index contributed by atoms with van der Waals surface area (Å²) in [5.41, 5.74) is 3.33. The molecule has 0 spiro atoms. The van der Waals surface area contributed by atoms with E-state index >= 15 is 0 Å². The van der Waals surface area contributed by atoms with Crippen molar-refractivity contribution in [2.45, 2.75) is 34.6 Å². The largest absolute Gasteiger partial charge is 0.483 e. The minimum Gasteiger partial charge on any atom is -0.483 e. The van der Waals surface area contributed by atoms with Crippen molar-refractivity contribution in [2.75, 3.05) is 13.2 Å². The molecule has 0 fully saturated rings. The van der Waals surface area contributed by atoms with E-state index in [4.69, 9.17) is 4.74 Å². The molecule has 1 N–H and O–H groups in total. The van der Waals surface area contributed by atoms with Gasteiger partial charge in [-0.1, -0.05) is 29.8 Å². The van der Waals surface area contributed by atoms with Gasteiger partial charge in [0.05, 0.1) is 0 Å². The Morgan fingerprint density at radius 2 is 1.95 bits per heavy atom. The number of halogens is 1. The molecule has 0 saturated heterocycles. The van der Waals surface area contributed by atoms with E-state index in [1.54, 1.807) is 0 Å². The lowest BCUT2D eigenvalue weighted by atomic mass is 10.1. The van der Waals surface area contributed by atoms with Gasteiger partial charge in [0.15, 0.2) is 6.61 Å². The fourth-order valence-corrected chi connectivity index (χ4v) is 2.09. The van der Waals surface area contributed by atoms with Crippen molar-refractivity contribution in [2.24, 2.45) is 5.92 Å². The van der Waals surface area contributed by atoms with Crippen molar-refractivity contribution in [1.82, 2.24) is 5.32 Å². The van der Waals surface area contributed by atoms with Crippen LogP contribution in [0, 0.1) is 26.7 Å². The molecule has 3 nitrogen and oxygen atoms in total. The second-order valence-corrected chi connectivity index (χ2v) is 6.04. The van der Waals surface area contributed by atoms with Crippen LogP contribution in [0.1, 0.15) is 30.5 Å². The third-order valence-corrected chi connectivity index (χ3v) is 4.24. The van der Waals surface area contributed by atoms with E-state index in [1.165, 1.54) is 0 Å². The van der Waals surface area contributed by atoms with E-state index in [0.29, 0.717) is 12.5 Å². The maximum Gasteiger partial charge on any atom is 0.257 e. The zero-order valence-electron chi connectivity index (χ0n) is 12.3. The number of carbonyl (C=O) groups is 1. The Morgan fingerprint density at radius 3 is 2.53 bits per heavy atom. The predicted molar refractivity (Wildman–Crippen MR) is 81.7 cm³/mol. The monoisotopic (exact) mass is 327 g/mol. The Balaban J connectivity index is 2.66. The van der Waals surface area contributed by atoms with Crippen molar-refractivity contribution in [1.29, 1.82) is 0 Å². The van der Waals surface area contributed by atoms with Crippen LogP contribution in [-0.2, 0) is 4.79 Å². The highest BCUT2D eigenvalue weighted by molar-refractivity contribution is 9.10. The molecular weight excluding hydrogens is 306 g/mol. The maximum absolute atomic E-state index is 11.6. The van der Waals surface area contributed by atoms with Crippen LogP contribution >= 0.6 is 15.9 Å². The first-order valence-corrected chi connectivity index (χ1v) is 7.28. The predicted octanol–water partition coefficient (Wildman–Crippen LogP) is 3.53. The average Bonchev–Trinajstić information content (AvgIpc) is 2.36. The van der Waals surface area contributed by atoms with E-state index in [-0.39, 0.29) is 12.5 Å². The molecule has 1 amide bonds. The van der Waals surface area contributed by atoms with Gasteiger partial charge in [-0.25, -0.2) is 0 Å². The molecule has 1 aromatic carbocycles. The molecule has 0 aromatic heterocycles. The Hall–Kier alpha value is -1.03. The Bertz CT molecular complexity index is 470. The maximum atomic E-state index is 11.6. The van der Waals surface area contributed by atoms with Gasteiger partial charge >= 0.3 is 0 Å². The standard InChI is InChI=1S/C15H22BrNO2/c1-9(2)7-17-14(18)8-19-13-6-10(3)15(16)12(5)11(13)4/h6,9H,7-8H2,1-5H3,(H,17,18). The third kappa shape index (κ3) is 4.53. The number of benzene rings is 1. The van der Waals surface area contributed by atoms with Crippen LogP contribution in [0.25, 0.3) is 0 Å². The number of carbonyl (C=O) groups excluding carboxylic acids is 1. The fraction of sp³-hybridized carbons (Fsp3) is 0.533. The molecule has 4 heteroatoms. The number of amides is 1. The summed E-state index contributed by atoms with van der Waals surface area (Å²) in [5.74, 6) is 1.15. The van der Waals surface area contributed by atoms with Crippen molar-refractivity contribution >= 4 is 21.8 Å². The molecular formula is C15H22BrNO2. The molecule has 0 saturated carbocycles. The van der Waals surface area contributed by atoms with E-state index in [2.05, 4.69) is 35.1 Å². The van der Waals surface area contributed by atoms with Crippen LogP contribution in [0.3, 0.4) is 0 Å². The van der Waals surface area contributed by atoms with E-state index in [1.807, 2.05) is 26.8 Å². The molecule has 0 unspecified atom stereocenters. The highest BCUT2D eigenvalue weighted by Crippen LogP contribution is 2.31. The smallest absolute Gasteiger partial charge is 0.257 e. The number of rotatable bonds is 5. The number of nitrogens with one attached hydrogen (secondary N) is 1. The summed E-state index contributed by atoms with van der Waals surface area (Å²) < 4.78 is 6.71. The lowest BCUT2D eigenvalue weighted by Crippen LogP contribution is -2.31. The molecule has 19 heavy (non-hydrogen) atoms. The van der Waals surface area contributed by atoms with Crippen LogP contribution in [0.2, 0.25) is 0 Å². The fourth-order valence-electron chi connectivity index (χ4n) is 1.68. The molecule has 0 aliphatic rings. The first kappa shape index (κ1) is 16.0. The lowest BCUT2D eigenvalue weighted by Gasteiger charge is -2.14. The van der Waals surface area contributed by atoms with Gasteiger partial charge in [-0.15, -0.1) is 0 Å². The van der Waals surface area contributed by atoms with Crippen LogP contribution in [0.15, 0.2) is 10.5 Å². The quantitative estimate of drug-likeness (QED) is 0.898. The normalized spacial score (nSPS) is 10.7. The zero-order chi connectivity index (χ0) is 14.6. The highest BCUT2D eigenvalue weighted by atomic mass is 79.9. The third-order valence-electron chi connectivity index (χ3n) is 3.02. The number of aryl methyl sites for hydroxylation is 1. The van der Waals surface area contributed by atoms with Gasteiger partial charge in [0, 0.05) is 11.0 Å². The Morgan fingerprint density at radius 1 is 1.32 bits per heavy atom. The van der Waals surface area contributed by atoms with Crippen molar-refractivity contribution in [3.63, 3.8) is 0 Å². The van der Waals surface area contributed by atoms with Gasteiger partial charge < -0.3 is 10.1 Å². The van der Waals surface area contributed by atoms with Gasteiger partial charge in [-0.3, -0.25) is 4.79 Å². The first-order valence-electron chi connectivity index (χ1n) is 6.48. The molecule has 0 bridgehead atoms. The SMILES string of the molecule is Cc1cc(OCC(=O)NCC(C)C)c(C)c(C)c1Br. The van der Waals surface area contributed by atoms with E-state index in [0.717, 1.165) is 26.9 Å². The number of ether oxygens (including phenoxy) is 1. The molecule has 0 aliphatic carbocycles. The second-order valence-electron chi connectivity index (χ2n) is 5.24. The molecule has 1 aromatic rings. The minimum absolute atomic E-state index is 0.0636.